The van der Waals surface area contributed by atoms with Gasteiger partial charge in [-0.1, -0.05) is 34.1 Å². The fourth-order valence-electron chi connectivity index (χ4n) is 1.92. The number of hydrogen-bond acceptors (Lipinski definition) is 2. The molecule has 102 valence electrons. The van der Waals surface area contributed by atoms with Crippen LogP contribution in [0, 0.1) is 5.92 Å². The molecule has 3 nitrogen and oxygen atoms in total. The van der Waals surface area contributed by atoms with Gasteiger partial charge >= 0.3 is 0 Å². The van der Waals surface area contributed by atoms with E-state index in [2.05, 4.69) is 34.6 Å². The first kappa shape index (κ1) is 16.4. The summed E-state index contributed by atoms with van der Waals surface area (Å²) < 4.78 is 0. The van der Waals surface area contributed by atoms with Crippen LogP contribution in [0.25, 0.3) is 0 Å². The molecule has 3 heteroatoms. The molecular formula is C14H30N2O. The Hall–Kier alpha value is -0.570. The van der Waals surface area contributed by atoms with Crippen molar-refractivity contribution in [1.82, 2.24) is 4.90 Å². The molecule has 0 aliphatic carbocycles. The molecule has 0 aliphatic rings. The minimum atomic E-state index is -0.333. The third kappa shape index (κ3) is 6.06. The molecule has 2 N–H and O–H groups in total. The molecule has 0 fully saturated rings. The normalized spacial score (nSPS) is 14.8. The average molecular weight is 242 g/mol. The zero-order chi connectivity index (χ0) is 13.4. The second-order valence-electron chi connectivity index (χ2n) is 5.38. The molecule has 17 heavy (non-hydrogen) atoms. The Bertz CT molecular complexity index is 216. The number of nitrogens with zero attached hydrogens (tertiary/aromatic N) is 1. The second-order valence-corrected chi connectivity index (χ2v) is 5.38. The number of nitrogens with two attached hydrogens (primary N) is 1. The zero-order valence-corrected chi connectivity index (χ0v) is 12.2. The van der Waals surface area contributed by atoms with Crippen LogP contribution >= 0.6 is 0 Å². The van der Waals surface area contributed by atoms with E-state index in [1.165, 1.54) is 0 Å². The smallest absolute Gasteiger partial charge is 0.239 e. The summed E-state index contributed by atoms with van der Waals surface area (Å²) in [7, 11) is 0. The Morgan fingerprint density at radius 2 is 1.82 bits per heavy atom. The maximum absolute atomic E-state index is 12.3. The topological polar surface area (TPSA) is 46.3 Å². The number of carbonyl (C=O) groups is 1. The molecule has 0 aromatic heterocycles. The van der Waals surface area contributed by atoms with E-state index in [0.29, 0.717) is 12.0 Å². The largest absolute Gasteiger partial charge is 0.339 e. The predicted molar refractivity (Wildman–Crippen MR) is 73.8 cm³/mol. The third-order valence-electron chi connectivity index (χ3n) is 3.20. The highest BCUT2D eigenvalue weighted by Crippen LogP contribution is 2.11. The Morgan fingerprint density at radius 1 is 1.24 bits per heavy atom. The minimum Gasteiger partial charge on any atom is -0.339 e. The Morgan fingerprint density at radius 3 is 2.24 bits per heavy atom. The summed E-state index contributed by atoms with van der Waals surface area (Å²) in [4.78, 5) is 14.3. The van der Waals surface area contributed by atoms with Crippen molar-refractivity contribution in [3.8, 4) is 0 Å². The summed E-state index contributed by atoms with van der Waals surface area (Å²) in [5, 5.41) is 0. The fraction of sp³-hybridized carbons (Fsp3) is 0.929. The van der Waals surface area contributed by atoms with Gasteiger partial charge < -0.3 is 10.6 Å². The molecule has 0 aromatic carbocycles. The maximum atomic E-state index is 12.3. The van der Waals surface area contributed by atoms with Gasteiger partial charge in [-0.05, 0) is 32.1 Å². The number of hydrogen-bond donors (Lipinski definition) is 1. The molecule has 0 heterocycles. The van der Waals surface area contributed by atoms with Crippen molar-refractivity contribution in [2.75, 3.05) is 6.54 Å². The standard InChI is InChI=1S/C14H30N2O/c1-6-8-9-16(12(5)7-2)14(17)13(15)10-11(3)4/h11-13H,6-10,15H2,1-5H3/t12?,13-/m0/s1. The van der Waals surface area contributed by atoms with Gasteiger partial charge in [0.1, 0.15) is 0 Å². The molecular weight excluding hydrogens is 212 g/mol. The maximum Gasteiger partial charge on any atom is 0.239 e. The highest BCUT2D eigenvalue weighted by atomic mass is 16.2. The summed E-state index contributed by atoms with van der Waals surface area (Å²) in [6.07, 6.45) is 3.94. The molecule has 0 bridgehead atoms. The third-order valence-corrected chi connectivity index (χ3v) is 3.20. The molecule has 0 spiro atoms. The van der Waals surface area contributed by atoms with E-state index in [9.17, 15) is 4.79 Å². The molecule has 0 saturated carbocycles. The van der Waals surface area contributed by atoms with Gasteiger partial charge in [0.25, 0.3) is 0 Å². The number of carbonyl (C=O) groups excluding carboxylic acids is 1. The van der Waals surface area contributed by atoms with Gasteiger partial charge in [-0.15, -0.1) is 0 Å². The van der Waals surface area contributed by atoms with Crippen LogP contribution in [-0.2, 0) is 4.79 Å². The minimum absolute atomic E-state index is 0.126. The van der Waals surface area contributed by atoms with Crippen LogP contribution in [0.2, 0.25) is 0 Å². The van der Waals surface area contributed by atoms with E-state index < -0.39 is 0 Å². The lowest BCUT2D eigenvalue weighted by atomic mass is 10.0. The molecule has 0 radical (unpaired) electrons. The van der Waals surface area contributed by atoms with Gasteiger partial charge in [0, 0.05) is 12.6 Å². The van der Waals surface area contributed by atoms with Crippen LogP contribution in [0.1, 0.15) is 60.3 Å². The first-order valence-corrected chi connectivity index (χ1v) is 7.00. The van der Waals surface area contributed by atoms with Gasteiger partial charge in [-0.3, -0.25) is 4.79 Å². The van der Waals surface area contributed by atoms with Crippen LogP contribution in [-0.4, -0.2) is 29.4 Å². The van der Waals surface area contributed by atoms with Gasteiger partial charge in [-0.2, -0.15) is 0 Å². The van der Waals surface area contributed by atoms with E-state index in [4.69, 9.17) is 5.73 Å². The van der Waals surface area contributed by atoms with Crippen molar-refractivity contribution >= 4 is 5.91 Å². The van der Waals surface area contributed by atoms with Gasteiger partial charge in [0.05, 0.1) is 6.04 Å². The molecule has 1 unspecified atom stereocenters. The number of amides is 1. The lowest BCUT2D eigenvalue weighted by molar-refractivity contribution is -0.135. The van der Waals surface area contributed by atoms with Crippen LogP contribution in [0.3, 0.4) is 0 Å². The quantitative estimate of drug-likeness (QED) is 0.711. The van der Waals surface area contributed by atoms with Crippen LogP contribution in [0.4, 0.5) is 0 Å². The van der Waals surface area contributed by atoms with Crippen molar-refractivity contribution in [3.63, 3.8) is 0 Å². The van der Waals surface area contributed by atoms with Crippen molar-refractivity contribution in [3.05, 3.63) is 0 Å². The molecule has 2 atom stereocenters. The van der Waals surface area contributed by atoms with Crippen LogP contribution in [0.5, 0.6) is 0 Å². The summed E-state index contributed by atoms with van der Waals surface area (Å²) >= 11 is 0. The predicted octanol–water partition coefficient (Wildman–Crippen LogP) is 2.79. The van der Waals surface area contributed by atoms with Crippen molar-refractivity contribution in [2.24, 2.45) is 11.7 Å². The van der Waals surface area contributed by atoms with Gasteiger partial charge in [0.15, 0.2) is 0 Å². The summed E-state index contributed by atoms with van der Waals surface area (Å²) in [6, 6.07) is -0.0341. The van der Waals surface area contributed by atoms with Gasteiger partial charge in [0.2, 0.25) is 5.91 Å². The number of unbranched alkanes of at least 4 members (excludes halogenated alkanes) is 1. The molecule has 0 aromatic rings. The van der Waals surface area contributed by atoms with Crippen molar-refractivity contribution < 1.29 is 4.79 Å². The van der Waals surface area contributed by atoms with Crippen molar-refractivity contribution in [2.45, 2.75) is 72.4 Å². The van der Waals surface area contributed by atoms with Crippen LogP contribution < -0.4 is 5.73 Å². The van der Waals surface area contributed by atoms with Crippen LogP contribution in [0.15, 0.2) is 0 Å². The lowest BCUT2D eigenvalue weighted by Gasteiger charge is -2.31. The molecule has 0 saturated heterocycles. The molecule has 1 amide bonds. The van der Waals surface area contributed by atoms with E-state index in [-0.39, 0.29) is 11.9 Å². The highest BCUT2D eigenvalue weighted by Gasteiger charge is 2.24. The second kappa shape index (κ2) is 8.51. The van der Waals surface area contributed by atoms with Gasteiger partial charge in [-0.25, -0.2) is 0 Å². The fourth-order valence-corrected chi connectivity index (χ4v) is 1.92. The first-order valence-electron chi connectivity index (χ1n) is 7.00. The van der Waals surface area contributed by atoms with Crippen molar-refractivity contribution in [1.29, 1.82) is 0 Å². The lowest BCUT2D eigenvalue weighted by Crippen LogP contribution is -2.48. The SMILES string of the molecule is CCCCN(C(=O)[C@@H](N)CC(C)C)C(C)CC. The highest BCUT2D eigenvalue weighted by molar-refractivity contribution is 5.81. The van der Waals surface area contributed by atoms with E-state index >= 15 is 0 Å². The summed E-state index contributed by atoms with van der Waals surface area (Å²) in [5.74, 6) is 0.598. The summed E-state index contributed by atoms with van der Waals surface area (Å²) in [6.45, 7) is 11.4. The van der Waals surface area contributed by atoms with E-state index in [1.807, 2.05) is 4.90 Å². The first-order chi connectivity index (χ1) is 7.93. The number of rotatable bonds is 8. The Balaban J connectivity index is 4.50. The monoisotopic (exact) mass is 242 g/mol. The molecule has 0 rings (SSSR count). The zero-order valence-electron chi connectivity index (χ0n) is 12.2. The Labute approximate surface area is 107 Å². The van der Waals surface area contributed by atoms with E-state index in [1.54, 1.807) is 0 Å². The molecule has 0 aliphatic heterocycles. The summed E-state index contributed by atoms with van der Waals surface area (Å²) in [5.41, 5.74) is 5.99. The average Bonchev–Trinajstić information content (AvgIpc) is 2.27. The Kier molecular flexibility index (Phi) is 8.23. The van der Waals surface area contributed by atoms with E-state index in [0.717, 1.165) is 32.2 Å².